The number of carbonyl (C=O) groups is 2. The lowest BCUT2D eigenvalue weighted by Crippen LogP contribution is -2.46. The lowest BCUT2D eigenvalue weighted by Gasteiger charge is -2.37. The number of piperazine rings is 1. The summed E-state index contributed by atoms with van der Waals surface area (Å²) in [5.74, 6) is -2.87. The van der Waals surface area contributed by atoms with Crippen LogP contribution in [-0.2, 0) is 0 Å². The molecule has 0 bridgehead atoms. The molecule has 32 heavy (non-hydrogen) atoms. The molecule has 2 N–H and O–H groups in total. The number of carbonyl (C=O) groups excluding carboxylic acids is 1. The van der Waals surface area contributed by atoms with E-state index in [2.05, 4.69) is 15.1 Å². The number of hydrogen-bond donors (Lipinski definition) is 2. The molecule has 0 spiro atoms. The number of hydrogen-bond acceptors (Lipinski definition) is 4. The molecule has 0 aliphatic carbocycles. The molecule has 1 saturated heterocycles. The summed E-state index contributed by atoms with van der Waals surface area (Å²) in [5, 5.41) is 12.2. The largest absolute Gasteiger partial charge is 0.478 e. The minimum Gasteiger partial charge on any atom is -0.478 e. The number of carboxylic acids is 1. The quantitative estimate of drug-likeness (QED) is 0.625. The summed E-state index contributed by atoms with van der Waals surface area (Å²) >= 11 is 0. The Morgan fingerprint density at radius 3 is 2.00 bits per heavy atom. The van der Waals surface area contributed by atoms with E-state index in [1.807, 2.05) is 0 Å². The fraction of sp³-hybridized carbons (Fsp3) is 0.167. The molecular formula is C24H21F2N3O3. The molecule has 3 aromatic carbocycles. The Kier molecular flexibility index (Phi) is 6.02. The number of anilines is 3. The van der Waals surface area contributed by atoms with Crippen LogP contribution in [0.1, 0.15) is 20.7 Å². The monoisotopic (exact) mass is 437 g/mol. The van der Waals surface area contributed by atoms with E-state index in [-0.39, 0.29) is 22.6 Å². The Balaban J connectivity index is 1.48. The van der Waals surface area contributed by atoms with Gasteiger partial charge in [0.2, 0.25) is 0 Å². The molecule has 0 saturated carbocycles. The average Bonchev–Trinajstić information content (AvgIpc) is 2.80. The van der Waals surface area contributed by atoms with Crippen molar-refractivity contribution in [3.05, 3.63) is 89.5 Å². The molecule has 8 heteroatoms. The predicted molar refractivity (Wildman–Crippen MR) is 119 cm³/mol. The fourth-order valence-corrected chi connectivity index (χ4v) is 3.72. The molecule has 0 radical (unpaired) electrons. The molecule has 1 heterocycles. The van der Waals surface area contributed by atoms with Crippen molar-refractivity contribution >= 4 is 28.9 Å². The van der Waals surface area contributed by atoms with E-state index in [4.69, 9.17) is 0 Å². The van der Waals surface area contributed by atoms with E-state index < -0.39 is 17.7 Å². The average molecular weight is 437 g/mol. The van der Waals surface area contributed by atoms with Gasteiger partial charge in [0.1, 0.15) is 11.6 Å². The van der Waals surface area contributed by atoms with Gasteiger partial charge < -0.3 is 20.2 Å². The lowest BCUT2D eigenvalue weighted by molar-refractivity contribution is 0.0698. The zero-order valence-electron chi connectivity index (χ0n) is 17.1. The van der Waals surface area contributed by atoms with Crippen LogP contribution in [0.5, 0.6) is 0 Å². The highest BCUT2D eigenvalue weighted by Crippen LogP contribution is 2.26. The first-order valence-electron chi connectivity index (χ1n) is 10.1. The lowest BCUT2D eigenvalue weighted by atomic mass is 10.1. The molecular weight excluding hydrogens is 416 g/mol. The zero-order valence-corrected chi connectivity index (χ0v) is 17.1. The molecule has 1 amide bonds. The molecule has 3 aromatic rings. The van der Waals surface area contributed by atoms with Gasteiger partial charge in [-0.25, -0.2) is 13.6 Å². The Bertz CT molecular complexity index is 1140. The molecule has 6 nitrogen and oxygen atoms in total. The van der Waals surface area contributed by atoms with Crippen molar-refractivity contribution in [3.8, 4) is 0 Å². The SMILES string of the molecule is O=C(Nc1ccc(N2CCN(c3ccc(F)cc3)CC2)cc1C(=O)O)c1ccccc1F. The van der Waals surface area contributed by atoms with Gasteiger partial charge in [0, 0.05) is 37.6 Å². The normalized spacial score (nSPS) is 13.7. The van der Waals surface area contributed by atoms with Gasteiger partial charge in [-0.1, -0.05) is 12.1 Å². The van der Waals surface area contributed by atoms with Gasteiger partial charge in [-0.15, -0.1) is 0 Å². The second-order valence-corrected chi connectivity index (χ2v) is 7.42. The van der Waals surface area contributed by atoms with Crippen molar-refractivity contribution in [1.29, 1.82) is 0 Å². The van der Waals surface area contributed by atoms with Crippen molar-refractivity contribution in [1.82, 2.24) is 0 Å². The van der Waals surface area contributed by atoms with Crippen LogP contribution in [0.3, 0.4) is 0 Å². The second-order valence-electron chi connectivity index (χ2n) is 7.42. The third-order valence-corrected chi connectivity index (χ3v) is 5.44. The smallest absolute Gasteiger partial charge is 0.337 e. The predicted octanol–water partition coefficient (Wildman–Crippen LogP) is 4.24. The Labute approximate surface area is 183 Å². The zero-order chi connectivity index (χ0) is 22.7. The van der Waals surface area contributed by atoms with Gasteiger partial charge in [0.15, 0.2) is 0 Å². The van der Waals surface area contributed by atoms with Gasteiger partial charge >= 0.3 is 5.97 Å². The molecule has 164 valence electrons. The van der Waals surface area contributed by atoms with Gasteiger partial charge in [-0.2, -0.15) is 0 Å². The number of nitrogens with one attached hydrogen (secondary N) is 1. The Morgan fingerprint density at radius 1 is 0.781 bits per heavy atom. The number of benzene rings is 3. The van der Waals surface area contributed by atoms with Crippen LogP contribution >= 0.6 is 0 Å². The van der Waals surface area contributed by atoms with Gasteiger partial charge in [0.25, 0.3) is 5.91 Å². The highest BCUT2D eigenvalue weighted by Gasteiger charge is 2.21. The van der Waals surface area contributed by atoms with Crippen LogP contribution in [0.2, 0.25) is 0 Å². The Hall–Kier alpha value is -3.94. The molecule has 0 aromatic heterocycles. The highest BCUT2D eigenvalue weighted by molar-refractivity contribution is 6.08. The summed E-state index contributed by atoms with van der Waals surface area (Å²) in [6.07, 6.45) is 0. The minimum atomic E-state index is -1.19. The van der Waals surface area contributed by atoms with E-state index in [0.717, 1.165) is 5.69 Å². The van der Waals surface area contributed by atoms with Crippen LogP contribution < -0.4 is 15.1 Å². The number of halogens is 2. The summed E-state index contributed by atoms with van der Waals surface area (Å²) < 4.78 is 27.0. The van der Waals surface area contributed by atoms with Gasteiger partial charge in [-0.3, -0.25) is 4.79 Å². The summed E-state index contributed by atoms with van der Waals surface area (Å²) in [6.45, 7) is 2.69. The summed E-state index contributed by atoms with van der Waals surface area (Å²) in [5.41, 5.74) is 1.51. The van der Waals surface area contributed by atoms with Crippen LogP contribution in [-0.4, -0.2) is 43.2 Å². The van der Waals surface area contributed by atoms with Crippen molar-refractivity contribution < 1.29 is 23.5 Å². The molecule has 1 aliphatic rings. The van der Waals surface area contributed by atoms with E-state index in [9.17, 15) is 23.5 Å². The molecule has 0 atom stereocenters. The van der Waals surface area contributed by atoms with Crippen LogP contribution in [0.15, 0.2) is 66.7 Å². The second kappa shape index (κ2) is 9.05. The van der Waals surface area contributed by atoms with Crippen LogP contribution in [0.25, 0.3) is 0 Å². The number of rotatable bonds is 5. The summed E-state index contributed by atoms with van der Waals surface area (Å²) in [4.78, 5) is 28.4. The number of amides is 1. The summed E-state index contributed by atoms with van der Waals surface area (Å²) in [7, 11) is 0. The van der Waals surface area contributed by atoms with Crippen molar-refractivity contribution in [2.75, 3.05) is 41.3 Å². The first kappa shape index (κ1) is 21.3. The minimum absolute atomic E-state index is 0.0758. The fourth-order valence-electron chi connectivity index (χ4n) is 3.72. The van der Waals surface area contributed by atoms with E-state index in [0.29, 0.717) is 31.9 Å². The topological polar surface area (TPSA) is 72.9 Å². The van der Waals surface area contributed by atoms with E-state index in [1.54, 1.807) is 18.2 Å². The first-order valence-corrected chi connectivity index (χ1v) is 10.1. The van der Waals surface area contributed by atoms with Crippen LogP contribution in [0.4, 0.5) is 25.8 Å². The number of nitrogens with zero attached hydrogens (tertiary/aromatic N) is 2. The molecule has 1 fully saturated rings. The highest BCUT2D eigenvalue weighted by atomic mass is 19.1. The van der Waals surface area contributed by atoms with Gasteiger partial charge in [-0.05, 0) is 54.6 Å². The molecule has 0 unspecified atom stereocenters. The maximum absolute atomic E-state index is 13.9. The van der Waals surface area contributed by atoms with Crippen molar-refractivity contribution in [2.24, 2.45) is 0 Å². The number of carboxylic acid groups (broad SMARTS) is 1. The molecule has 4 rings (SSSR count). The number of aromatic carboxylic acids is 1. The van der Waals surface area contributed by atoms with Crippen molar-refractivity contribution in [2.45, 2.75) is 0 Å². The van der Waals surface area contributed by atoms with Crippen molar-refractivity contribution in [3.63, 3.8) is 0 Å². The maximum Gasteiger partial charge on any atom is 0.337 e. The molecule has 1 aliphatic heterocycles. The standard InChI is InChI=1S/C24H21F2N3O3/c25-16-5-7-17(8-6-16)28-11-13-29(14-12-28)18-9-10-22(20(15-18)24(31)32)27-23(30)19-3-1-2-4-21(19)26/h1-10,15H,11-14H2,(H,27,30)(H,31,32). The third kappa shape index (κ3) is 4.54. The summed E-state index contributed by atoms with van der Waals surface area (Å²) in [6, 6.07) is 16.6. The third-order valence-electron chi connectivity index (χ3n) is 5.44. The Morgan fingerprint density at radius 2 is 1.38 bits per heavy atom. The van der Waals surface area contributed by atoms with E-state index in [1.165, 1.54) is 48.5 Å². The van der Waals surface area contributed by atoms with E-state index >= 15 is 0 Å². The maximum atomic E-state index is 13.9. The first-order chi connectivity index (χ1) is 15.4. The van der Waals surface area contributed by atoms with Crippen LogP contribution in [0, 0.1) is 11.6 Å². The van der Waals surface area contributed by atoms with Gasteiger partial charge in [0.05, 0.1) is 16.8 Å².